The average molecular weight is 474 g/mol. The Morgan fingerprint density at radius 1 is 0.970 bits per heavy atom. The molecule has 0 bridgehead atoms. The lowest BCUT2D eigenvalue weighted by Gasteiger charge is -2.13. The van der Waals surface area contributed by atoms with Gasteiger partial charge in [0.2, 0.25) is 11.8 Å². The highest BCUT2D eigenvalue weighted by atomic mass is 32.2. The van der Waals surface area contributed by atoms with Gasteiger partial charge in [-0.05, 0) is 25.1 Å². The standard InChI is InChI=1S/C22H21F2N5O3S/c1-11(2)19(30)26-17-7-5-4-6-16(17)18-21(32)27-22(29-28-18)33-12(3)20(31)25-15-9-13(23)8-14(24)10-15/h4-12H,1-3H3,(H,25,31)(H,26,30)(H,27,29,32)/t12-/m0/s1. The van der Waals surface area contributed by atoms with E-state index in [0.717, 1.165) is 23.9 Å². The van der Waals surface area contributed by atoms with Gasteiger partial charge in [0.25, 0.3) is 5.56 Å². The Bertz CT molecular complexity index is 1230. The van der Waals surface area contributed by atoms with Gasteiger partial charge in [0.05, 0.1) is 10.9 Å². The lowest BCUT2D eigenvalue weighted by molar-refractivity contribution is -0.119. The molecule has 1 atom stereocenters. The van der Waals surface area contributed by atoms with Crippen molar-refractivity contribution in [2.45, 2.75) is 31.2 Å². The molecule has 2 aromatic carbocycles. The summed E-state index contributed by atoms with van der Waals surface area (Å²) in [5.74, 6) is -2.64. The number of hydrogen-bond donors (Lipinski definition) is 3. The zero-order valence-corrected chi connectivity index (χ0v) is 18.8. The summed E-state index contributed by atoms with van der Waals surface area (Å²) in [5, 5.41) is 12.4. The van der Waals surface area contributed by atoms with Crippen LogP contribution in [0.1, 0.15) is 20.8 Å². The minimum absolute atomic E-state index is 0.00588. The predicted molar refractivity (Wildman–Crippen MR) is 122 cm³/mol. The van der Waals surface area contributed by atoms with Gasteiger partial charge in [0.15, 0.2) is 10.9 Å². The van der Waals surface area contributed by atoms with E-state index in [1.807, 2.05) is 0 Å². The van der Waals surface area contributed by atoms with Crippen molar-refractivity contribution < 1.29 is 18.4 Å². The summed E-state index contributed by atoms with van der Waals surface area (Å²) in [4.78, 5) is 39.7. The number of halogens is 2. The number of aromatic nitrogens is 3. The van der Waals surface area contributed by atoms with Crippen LogP contribution in [-0.2, 0) is 9.59 Å². The zero-order chi connectivity index (χ0) is 24.1. The highest BCUT2D eigenvalue weighted by molar-refractivity contribution is 8.00. The van der Waals surface area contributed by atoms with Crippen molar-refractivity contribution in [3.63, 3.8) is 0 Å². The maximum Gasteiger partial charge on any atom is 0.278 e. The van der Waals surface area contributed by atoms with Crippen molar-refractivity contribution >= 4 is 35.0 Å². The number of carbonyl (C=O) groups excluding carboxylic acids is 2. The van der Waals surface area contributed by atoms with Crippen molar-refractivity contribution in [2.24, 2.45) is 5.92 Å². The topological polar surface area (TPSA) is 117 Å². The highest BCUT2D eigenvalue weighted by Gasteiger charge is 2.19. The van der Waals surface area contributed by atoms with Crippen molar-refractivity contribution in [1.29, 1.82) is 0 Å². The summed E-state index contributed by atoms with van der Waals surface area (Å²) >= 11 is 0.918. The van der Waals surface area contributed by atoms with Gasteiger partial charge in [0, 0.05) is 23.2 Å². The second-order valence-corrected chi connectivity index (χ2v) is 8.73. The third kappa shape index (κ3) is 6.22. The molecule has 0 aliphatic carbocycles. The SMILES string of the molecule is CC(C)C(=O)Nc1ccccc1-c1nnc(S[C@@H](C)C(=O)Nc2cc(F)cc(F)c2)[nH]c1=O. The second kappa shape index (κ2) is 10.3. The number of aromatic amines is 1. The first kappa shape index (κ1) is 24.1. The molecule has 8 nitrogen and oxygen atoms in total. The highest BCUT2D eigenvalue weighted by Crippen LogP contribution is 2.25. The molecular weight excluding hydrogens is 452 g/mol. The van der Waals surface area contributed by atoms with E-state index in [-0.39, 0.29) is 28.4 Å². The molecule has 3 rings (SSSR count). The quantitative estimate of drug-likeness (QED) is 0.449. The van der Waals surface area contributed by atoms with E-state index in [1.165, 1.54) is 0 Å². The van der Waals surface area contributed by atoms with Gasteiger partial charge >= 0.3 is 0 Å². The van der Waals surface area contributed by atoms with Crippen LogP contribution >= 0.6 is 11.8 Å². The Morgan fingerprint density at radius 2 is 1.64 bits per heavy atom. The van der Waals surface area contributed by atoms with Crippen molar-refractivity contribution in [3.05, 3.63) is 64.5 Å². The van der Waals surface area contributed by atoms with Crippen LogP contribution in [0.2, 0.25) is 0 Å². The summed E-state index contributed by atoms with van der Waals surface area (Å²) in [7, 11) is 0. The molecule has 0 unspecified atom stereocenters. The third-order valence-corrected chi connectivity index (χ3v) is 5.40. The normalized spacial score (nSPS) is 11.8. The summed E-state index contributed by atoms with van der Waals surface area (Å²) in [6.07, 6.45) is 0. The van der Waals surface area contributed by atoms with Crippen LogP contribution in [0.4, 0.5) is 20.2 Å². The van der Waals surface area contributed by atoms with Gasteiger partial charge in [0.1, 0.15) is 11.6 Å². The van der Waals surface area contributed by atoms with Gasteiger partial charge < -0.3 is 10.6 Å². The molecule has 11 heteroatoms. The van der Waals surface area contributed by atoms with Gasteiger partial charge in [-0.2, -0.15) is 0 Å². The molecule has 3 aromatic rings. The molecule has 0 saturated carbocycles. The number of rotatable bonds is 7. The molecule has 1 aromatic heterocycles. The number of nitrogens with one attached hydrogen (secondary N) is 3. The molecule has 0 spiro atoms. The minimum Gasteiger partial charge on any atom is -0.325 e. The first-order valence-corrected chi connectivity index (χ1v) is 10.8. The summed E-state index contributed by atoms with van der Waals surface area (Å²) in [5.41, 5.74) is 0.243. The van der Waals surface area contributed by atoms with Gasteiger partial charge in [-0.3, -0.25) is 19.4 Å². The van der Waals surface area contributed by atoms with Crippen LogP contribution < -0.4 is 16.2 Å². The van der Waals surface area contributed by atoms with Crippen LogP contribution in [-0.4, -0.2) is 32.2 Å². The van der Waals surface area contributed by atoms with Gasteiger partial charge in [-0.25, -0.2) is 8.78 Å². The molecule has 2 amide bonds. The van der Waals surface area contributed by atoms with Crippen molar-refractivity contribution in [2.75, 3.05) is 10.6 Å². The summed E-state index contributed by atoms with van der Waals surface area (Å²) in [6, 6.07) is 9.38. The number of hydrogen-bond acceptors (Lipinski definition) is 6. The molecule has 172 valence electrons. The molecule has 0 fully saturated rings. The molecule has 3 N–H and O–H groups in total. The van der Waals surface area contributed by atoms with E-state index < -0.39 is 28.4 Å². The number of nitrogens with zero attached hydrogens (tertiary/aromatic N) is 2. The maximum absolute atomic E-state index is 13.3. The van der Waals surface area contributed by atoms with Gasteiger partial charge in [-0.15, -0.1) is 10.2 Å². The van der Waals surface area contributed by atoms with Crippen molar-refractivity contribution in [3.8, 4) is 11.3 Å². The van der Waals surface area contributed by atoms with Gasteiger partial charge in [-0.1, -0.05) is 43.8 Å². The number of thioether (sulfide) groups is 1. The average Bonchev–Trinajstić information content (AvgIpc) is 2.73. The second-order valence-electron chi connectivity index (χ2n) is 7.40. The van der Waals surface area contributed by atoms with Crippen LogP contribution in [0.5, 0.6) is 0 Å². The van der Waals surface area contributed by atoms with E-state index in [2.05, 4.69) is 25.8 Å². The fourth-order valence-electron chi connectivity index (χ4n) is 2.72. The maximum atomic E-state index is 13.3. The number of para-hydroxylation sites is 1. The fraction of sp³-hybridized carbons (Fsp3) is 0.227. The van der Waals surface area contributed by atoms with Crippen LogP contribution in [0.3, 0.4) is 0 Å². The molecule has 0 aliphatic rings. The lowest BCUT2D eigenvalue weighted by Crippen LogP contribution is -2.24. The smallest absolute Gasteiger partial charge is 0.278 e. The molecule has 0 radical (unpaired) electrons. The van der Waals surface area contributed by atoms with E-state index in [4.69, 9.17) is 0 Å². The predicted octanol–water partition coefficient (Wildman–Crippen LogP) is 3.82. The Kier molecular flexibility index (Phi) is 7.54. The molecule has 0 aliphatic heterocycles. The van der Waals surface area contributed by atoms with E-state index >= 15 is 0 Å². The molecule has 1 heterocycles. The van der Waals surface area contributed by atoms with Crippen LogP contribution in [0.25, 0.3) is 11.3 Å². The largest absolute Gasteiger partial charge is 0.325 e. The Balaban J connectivity index is 1.75. The number of amides is 2. The minimum atomic E-state index is -0.818. The first-order valence-electron chi connectivity index (χ1n) is 9.95. The van der Waals surface area contributed by atoms with Crippen LogP contribution in [0, 0.1) is 17.6 Å². The Hall–Kier alpha value is -3.60. The molecule has 33 heavy (non-hydrogen) atoms. The summed E-state index contributed by atoms with van der Waals surface area (Å²) < 4.78 is 26.6. The summed E-state index contributed by atoms with van der Waals surface area (Å²) in [6.45, 7) is 5.04. The molecular formula is C22H21F2N5O3S. The Morgan fingerprint density at radius 3 is 2.27 bits per heavy atom. The van der Waals surface area contributed by atoms with E-state index in [1.54, 1.807) is 45.0 Å². The monoisotopic (exact) mass is 473 g/mol. The number of carbonyl (C=O) groups is 2. The number of benzene rings is 2. The number of H-pyrrole nitrogens is 1. The third-order valence-electron chi connectivity index (χ3n) is 4.43. The lowest BCUT2D eigenvalue weighted by atomic mass is 10.1. The molecule has 0 saturated heterocycles. The van der Waals surface area contributed by atoms with E-state index in [9.17, 15) is 23.2 Å². The first-order chi connectivity index (χ1) is 15.6. The van der Waals surface area contributed by atoms with Crippen molar-refractivity contribution in [1.82, 2.24) is 15.2 Å². The van der Waals surface area contributed by atoms with Crippen LogP contribution in [0.15, 0.2) is 52.4 Å². The number of anilines is 2. The zero-order valence-electron chi connectivity index (χ0n) is 18.0. The van der Waals surface area contributed by atoms with E-state index in [0.29, 0.717) is 17.3 Å². The Labute approximate surface area is 192 Å². The fourth-order valence-corrected chi connectivity index (χ4v) is 3.46.